The topological polar surface area (TPSA) is 61.8 Å². The van der Waals surface area contributed by atoms with Gasteiger partial charge in [-0.15, -0.1) is 0 Å². The summed E-state index contributed by atoms with van der Waals surface area (Å²) in [6.07, 6.45) is -39.1. The minimum absolute atomic E-state index is 1.51. The molecule has 0 bridgehead atoms. The average Bonchev–Trinajstić information content (AvgIpc) is 2.61. The van der Waals surface area contributed by atoms with Crippen molar-refractivity contribution in [3.63, 3.8) is 0 Å². The van der Waals surface area contributed by atoms with E-state index in [-0.39, 0.29) is 0 Å². The molecule has 1 saturated heterocycles. The number of hydrogen-bond acceptors (Lipinski definition) is 5. The van der Waals surface area contributed by atoms with Gasteiger partial charge in [0.05, 0.1) is 0 Å². The summed E-state index contributed by atoms with van der Waals surface area (Å²) in [6.45, 7) is 0. The third-order valence-electron chi connectivity index (χ3n) is 3.93. The molecule has 1 aliphatic heterocycles. The van der Waals surface area contributed by atoms with Gasteiger partial charge in [0.1, 0.15) is 0 Å². The van der Waals surface area contributed by atoms with Crippen LogP contribution in [0.2, 0.25) is 0 Å². The zero-order valence-corrected chi connectivity index (χ0v) is 15.6. The number of ketones is 1. The van der Waals surface area contributed by atoms with Gasteiger partial charge < -0.3 is 0 Å². The first-order chi connectivity index (χ1) is 15.7. The molecule has 0 aliphatic carbocycles. The first kappa shape index (κ1) is 32.8. The molecule has 0 radical (unpaired) electrons. The van der Waals surface area contributed by atoms with Crippen LogP contribution in [0.1, 0.15) is 0 Å². The van der Waals surface area contributed by atoms with Crippen LogP contribution in [0.3, 0.4) is 0 Å². The number of carbonyl (C=O) groups excluding carboxylic acids is 2. The second-order valence-electron chi connectivity index (χ2n) is 6.39. The third-order valence-corrected chi connectivity index (χ3v) is 3.93. The second-order valence-corrected chi connectivity index (χ2v) is 6.39. The van der Waals surface area contributed by atoms with Crippen molar-refractivity contribution in [3.05, 3.63) is 0 Å². The standard InChI is InChI=1S/C12F20O5/c13-2(34)4(15,9(22,23)24)35-3(14,1(33)5(16,17)18)6(19)7(20,10(25,26)27)37-12(31,32)8(21,36-6)11(28,29)30. The number of halogens is 20. The Labute approximate surface area is 185 Å². The third kappa shape index (κ3) is 4.44. The van der Waals surface area contributed by atoms with Crippen molar-refractivity contribution in [1.29, 1.82) is 0 Å². The Morgan fingerprint density at radius 1 is 0.595 bits per heavy atom. The van der Waals surface area contributed by atoms with Crippen LogP contribution in [-0.2, 0) is 23.8 Å². The summed E-state index contributed by atoms with van der Waals surface area (Å²) in [5.74, 6) is -46.1. The Balaban J connectivity index is 4.34. The maximum absolute atomic E-state index is 15.0. The summed E-state index contributed by atoms with van der Waals surface area (Å²) in [4.78, 5) is 21.4. The summed E-state index contributed by atoms with van der Waals surface area (Å²) in [5, 5.41) is 0. The SMILES string of the molecule is O=C(F)C(F)(OC(F)(C(=O)C(F)(F)F)C1(F)OC(F)(C(F)(F)F)C(F)(F)OC1(F)C(F)(F)F)C(F)(F)F. The van der Waals surface area contributed by atoms with Gasteiger partial charge in [-0.3, -0.25) is 23.8 Å². The van der Waals surface area contributed by atoms with E-state index in [1.54, 1.807) is 9.47 Å². The number of hydrogen-bond donors (Lipinski definition) is 0. The highest BCUT2D eigenvalue weighted by atomic mass is 19.4. The highest BCUT2D eigenvalue weighted by Gasteiger charge is 2.96. The fourth-order valence-corrected chi connectivity index (χ4v) is 2.21. The van der Waals surface area contributed by atoms with Crippen molar-refractivity contribution >= 4 is 11.8 Å². The maximum Gasteiger partial charge on any atom is 0.459 e. The molecule has 0 amide bonds. The lowest BCUT2D eigenvalue weighted by Crippen LogP contribution is -2.83. The van der Waals surface area contributed by atoms with Gasteiger partial charge in [0.25, 0.3) is 0 Å². The van der Waals surface area contributed by atoms with E-state index < -0.39 is 71.9 Å². The summed E-state index contributed by atoms with van der Waals surface area (Å²) in [6, 6.07) is -5.07. The van der Waals surface area contributed by atoms with Gasteiger partial charge in [-0.1, -0.05) is 0 Å². The van der Waals surface area contributed by atoms with Gasteiger partial charge in [0, 0.05) is 0 Å². The van der Waals surface area contributed by atoms with Crippen LogP contribution < -0.4 is 0 Å². The van der Waals surface area contributed by atoms with Crippen molar-refractivity contribution in [2.45, 2.75) is 60.1 Å². The molecule has 0 aromatic carbocycles. The minimum Gasteiger partial charge on any atom is -0.284 e. The van der Waals surface area contributed by atoms with Crippen molar-refractivity contribution in [3.8, 4) is 0 Å². The molecule has 0 N–H and O–H groups in total. The molecule has 5 unspecified atom stereocenters. The zero-order valence-electron chi connectivity index (χ0n) is 15.6. The quantitative estimate of drug-likeness (QED) is 0.316. The van der Waals surface area contributed by atoms with Gasteiger partial charge in [-0.25, -0.2) is 0 Å². The number of Topliss-reactive ketones (excluding diaryl/α,β-unsaturated/α-hetero) is 1. The van der Waals surface area contributed by atoms with E-state index in [1.807, 2.05) is 0 Å². The van der Waals surface area contributed by atoms with E-state index in [4.69, 9.17) is 0 Å². The number of rotatable bonds is 5. The fourth-order valence-electron chi connectivity index (χ4n) is 2.21. The Bertz CT molecular complexity index is 936. The molecule has 0 aromatic rings. The molecule has 5 atom stereocenters. The van der Waals surface area contributed by atoms with E-state index in [0.717, 1.165) is 0 Å². The first-order valence-electron chi connectivity index (χ1n) is 7.66. The lowest BCUT2D eigenvalue weighted by molar-refractivity contribution is -0.620. The van der Waals surface area contributed by atoms with E-state index in [9.17, 15) is 97.4 Å². The minimum atomic E-state index is -8.45. The zero-order chi connectivity index (χ0) is 30.3. The van der Waals surface area contributed by atoms with Crippen LogP contribution in [0.5, 0.6) is 0 Å². The Morgan fingerprint density at radius 3 is 1.24 bits per heavy atom. The molecule has 0 aromatic heterocycles. The lowest BCUT2D eigenvalue weighted by atomic mass is 9.92. The average molecular weight is 604 g/mol. The van der Waals surface area contributed by atoms with Crippen LogP contribution in [0.15, 0.2) is 0 Å². The number of carbonyl (C=O) groups is 2. The molecule has 25 heteroatoms. The van der Waals surface area contributed by atoms with Gasteiger partial charge in [0.15, 0.2) is 0 Å². The van der Waals surface area contributed by atoms with E-state index in [0.29, 0.717) is 0 Å². The molecule has 37 heavy (non-hydrogen) atoms. The van der Waals surface area contributed by atoms with Gasteiger partial charge in [0.2, 0.25) is 0 Å². The summed E-state index contributed by atoms with van der Waals surface area (Å²) >= 11 is 0. The molecule has 1 heterocycles. The maximum atomic E-state index is 15.0. The highest BCUT2D eigenvalue weighted by molar-refractivity contribution is 5.92. The monoisotopic (exact) mass is 604 g/mol. The summed E-state index contributed by atoms with van der Waals surface area (Å²) < 4.78 is 269. The lowest BCUT2D eigenvalue weighted by Gasteiger charge is -2.53. The molecule has 1 rings (SSSR count). The Kier molecular flexibility index (Phi) is 7.24. The van der Waals surface area contributed by atoms with Crippen LogP contribution in [0, 0.1) is 0 Å². The number of ether oxygens (including phenoxy) is 3. The predicted molar refractivity (Wildman–Crippen MR) is 62.7 cm³/mol. The first-order valence-corrected chi connectivity index (χ1v) is 7.66. The van der Waals surface area contributed by atoms with Gasteiger partial charge in [-0.2, -0.15) is 87.8 Å². The molecule has 218 valence electrons. The van der Waals surface area contributed by atoms with Crippen LogP contribution in [-0.4, -0.2) is 71.9 Å². The van der Waals surface area contributed by atoms with Gasteiger partial charge >= 0.3 is 71.9 Å². The van der Waals surface area contributed by atoms with Crippen molar-refractivity contribution in [1.82, 2.24) is 0 Å². The Morgan fingerprint density at radius 2 is 0.973 bits per heavy atom. The molecule has 0 spiro atoms. The van der Waals surface area contributed by atoms with Crippen molar-refractivity contribution in [2.75, 3.05) is 0 Å². The Hall–Kier alpha value is -2.18. The molecule has 5 nitrogen and oxygen atoms in total. The highest BCUT2D eigenvalue weighted by Crippen LogP contribution is 2.65. The molecular weight excluding hydrogens is 604 g/mol. The van der Waals surface area contributed by atoms with Crippen molar-refractivity contribution in [2.24, 2.45) is 0 Å². The van der Waals surface area contributed by atoms with Crippen molar-refractivity contribution < 1.29 is 112 Å². The smallest absolute Gasteiger partial charge is 0.284 e. The molecule has 0 saturated carbocycles. The molecule has 1 aliphatic rings. The number of alkyl halides is 19. The molecule has 1 fully saturated rings. The second kappa shape index (κ2) is 8.16. The largest absolute Gasteiger partial charge is 0.459 e. The van der Waals surface area contributed by atoms with Crippen LogP contribution in [0.25, 0.3) is 0 Å². The van der Waals surface area contributed by atoms with Gasteiger partial charge in [-0.05, 0) is 0 Å². The van der Waals surface area contributed by atoms with E-state index >= 15 is 0 Å². The predicted octanol–water partition coefficient (Wildman–Crippen LogP) is 5.29. The van der Waals surface area contributed by atoms with Crippen LogP contribution >= 0.6 is 0 Å². The van der Waals surface area contributed by atoms with Crippen LogP contribution in [0.4, 0.5) is 87.8 Å². The van der Waals surface area contributed by atoms with E-state index in [2.05, 4.69) is 0 Å². The normalized spacial score (nSPS) is 32.9. The van der Waals surface area contributed by atoms with E-state index in [1.165, 1.54) is 4.74 Å². The summed E-state index contributed by atoms with van der Waals surface area (Å²) in [5.41, 5.74) is 0. The fraction of sp³-hybridized carbons (Fsp3) is 0.833. The molecular formula is C12F20O5. The summed E-state index contributed by atoms with van der Waals surface area (Å²) in [7, 11) is 0.